The highest BCUT2D eigenvalue weighted by Crippen LogP contribution is 2.40. The highest BCUT2D eigenvalue weighted by molar-refractivity contribution is 7.98. The first-order valence-corrected chi connectivity index (χ1v) is 9.92. The standard InChI is InChI=1S/C19H23N5OS/c1-19(2,3)17-20-15(23-25-17)12-26-18-22-21-16(14-9-10-14)24(18)11-13-7-5-4-6-8-13/h4-8,14H,9-12H2,1-3H3. The molecule has 2 heterocycles. The van der Waals surface area contributed by atoms with Crippen molar-refractivity contribution in [3.05, 3.63) is 53.4 Å². The Morgan fingerprint density at radius 1 is 1.15 bits per heavy atom. The van der Waals surface area contributed by atoms with Gasteiger partial charge in [-0.2, -0.15) is 4.98 Å². The van der Waals surface area contributed by atoms with Crippen molar-refractivity contribution in [1.82, 2.24) is 24.9 Å². The van der Waals surface area contributed by atoms with E-state index in [0.29, 0.717) is 23.4 Å². The second-order valence-electron chi connectivity index (χ2n) is 7.74. The average molecular weight is 369 g/mol. The predicted molar refractivity (Wildman–Crippen MR) is 100 cm³/mol. The van der Waals surface area contributed by atoms with Crippen LogP contribution >= 0.6 is 11.8 Å². The van der Waals surface area contributed by atoms with Gasteiger partial charge in [-0.15, -0.1) is 10.2 Å². The third-order valence-electron chi connectivity index (χ3n) is 4.31. The summed E-state index contributed by atoms with van der Waals surface area (Å²) in [5.74, 6) is 3.63. The summed E-state index contributed by atoms with van der Waals surface area (Å²) in [6.45, 7) is 6.99. The van der Waals surface area contributed by atoms with E-state index in [2.05, 4.69) is 69.9 Å². The minimum atomic E-state index is -0.137. The number of thioether (sulfide) groups is 1. The van der Waals surface area contributed by atoms with Crippen molar-refractivity contribution in [2.45, 2.75) is 62.4 Å². The fourth-order valence-corrected chi connectivity index (χ4v) is 3.50. The molecule has 0 radical (unpaired) electrons. The van der Waals surface area contributed by atoms with Crippen molar-refractivity contribution >= 4 is 11.8 Å². The van der Waals surface area contributed by atoms with Gasteiger partial charge in [-0.3, -0.25) is 0 Å². The monoisotopic (exact) mass is 369 g/mol. The fourth-order valence-electron chi connectivity index (χ4n) is 2.71. The van der Waals surface area contributed by atoms with Crippen LogP contribution in [0, 0.1) is 0 Å². The van der Waals surface area contributed by atoms with Crippen LogP contribution < -0.4 is 0 Å². The third kappa shape index (κ3) is 3.82. The first-order valence-electron chi connectivity index (χ1n) is 8.93. The van der Waals surface area contributed by atoms with E-state index in [0.717, 1.165) is 17.5 Å². The molecule has 0 bridgehead atoms. The third-order valence-corrected chi connectivity index (χ3v) is 5.27. The molecule has 2 aromatic heterocycles. The van der Waals surface area contributed by atoms with Gasteiger partial charge in [0.1, 0.15) is 5.82 Å². The van der Waals surface area contributed by atoms with Crippen LogP contribution in [0.1, 0.15) is 62.6 Å². The normalized spacial score (nSPS) is 14.7. The number of benzene rings is 1. The zero-order valence-corrected chi connectivity index (χ0v) is 16.2. The second-order valence-corrected chi connectivity index (χ2v) is 8.68. The van der Waals surface area contributed by atoms with Crippen molar-refractivity contribution in [2.75, 3.05) is 0 Å². The second kappa shape index (κ2) is 6.87. The van der Waals surface area contributed by atoms with Crippen LogP contribution in [0.25, 0.3) is 0 Å². The van der Waals surface area contributed by atoms with Crippen LogP contribution in [0.5, 0.6) is 0 Å². The van der Waals surface area contributed by atoms with Gasteiger partial charge in [-0.1, -0.05) is 68.0 Å². The topological polar surface area (TPSA) is 69.6 Å². The van der Waals surface area contributed by atoms with Crippen molar-refractivity contribution in [3.63, 3.8) is 0 Å². The Balaban J connectivity index is 1.52. The van der Waals surface area contributed by atoms with Crippen molar-refractivity contribution in [3.8, 4) is 0 Å². The van der Waals surface area contributed by atoms with E-state index in [1.807, 2.05) is 6.07 Å². The predicted octanol–water partition coefficient (Wildman–Crippen LogP) is 4.18. The summed E-state index contributed by atoms with van der Waals surface area (Å²) in [5.41, 5.74) is 1.12. The van der Waals surface area contributed by atoms with E-state index >= 15 is 0 Å². The number of hydrogen-bond donors (Lipinski definition) is 0. The van der Waals surface area contributed by atoms with E-state index in [1.165, 1.54) is 18.4 Å². The number of hydrogen-bond acceptors (Lipinski definition) is 6. The lowest BCUT2D eigenvalue weighted by Gasteiger charge is -2.10. The number of nitrogens with zero attached hydrogens (tertiary/aromatic N) is 5. The van der Waals surface area contributed by atoms with Gasteiger partial charge in [-0.05, 0) is 18.4 Å². The Morgan fingerprint density at radius 3 is 2.58 bits per heavy atom. The van der Waals surface area contributed by atoms with Gasteiger partial charge in [0.15, 0.2) is 11.0 Å². The number of rotatable bonds is 6. The summed E-state index contributed by atoms with van der Waals surface area (Å²) >= 11 is 1.61. The Morgan fingerprint density at radius 2 is 1.92 bits per heavy atom. The van der Waals surface area contributed by atoms with E-state index < -0.39 is 0 Å². The van der Waals surface area contributed by atoms with Gasteiger partial charge in [-0.25, -0.2) is 0 Å². The van der Waals surface area contributed by atoms with Crippen LogP contribution in [0.3, 0.4) is 0 Å². The molecule has 0 aliphatic heterocycles. The van der Waals surface area contributed by atoms with Crippen molar-refractivity contribution < 1.29 is 4.52 Å². The first-order chi connectivity index (χ1) is 12.5. The van der Waals surface area contributed by atoms with Crippen LogP contribution in [0.2, 0.25) is 0 Å². The quantitative estimate of drug-likeness (QED) is 0.607. The lowest BCUT2D eigenvalue weighted by Crippen LogP contribution is -2.11. The Labute approximate surface area is 157 Å². The minimum Gasteiger partial charge on any atom is -0.339 e. The lowest BCUT2D eigenvalue weighted by atomic mass is 9.97. The smallest absolute Gasteiger partial charge is 0.232 e. The van der Waals surface area contributed by atoms with Gasteiger partial charge in [0, 0.05) is 11.3 Å². The number of aromatic nitrogens is 5. The molecule has 1 aliphatic carbocycles. The van der Waals surface area contributed by atoms with Crippen LogP contribution in [-0.4, -0.2) is 24.9 Å². The highest BCUT2D eigenvalue weighted by Gasteiger charge is 2.30. The lowest BCUT2D eigenvalue weighted by molar-refractivity contribution is 0.319. The van der Waals surface area contributed by atoms with Gasteiger partial charge in [0.2, 0.25) is 5.89 Å². The molecule has 0 N–H and O–H groups in total. The minimum absolute atomic E-state index is 0.137. The molecule has 1 fully saturated rings. The van der Waals surface area contributed by atoms with Crippen LogP contribution in [0.15, 0.2) is 40.0 Å². The van der Waals surface area contributed by atoms with E-state index in [9.17, 15) is 0 Å². The zero-order valence-electron chi connectivity index (χ0n) is 15.3. The molecule has 1 saturated carbocycles. The van der Waals surface area contributed by atoms with Gasteiger partial charge < -0.3 is 9.09 Å². The zero-order chi connectivity index (χ0) is 18.1. The molecule has 136 valence electrons. The maximum absolute atomic E-state index is 5.38. The van der Waals surface area contributed by atoms with E-state index in [4.69, 9.17) is 4.52 Å². The molecule has 26 heavy (non-hydrogen) atoms. The molecule has 0 atom stereocenters. The maximum Gasteiger partial charge on any atom is 0.232 e. The molecule has 1 aliphatic rings. The summed E-state index contributed by atoms with van der Waals surface area (Å²) in [6, 6.07) is 10.4. The molecule has 7 heteroatoms. The average Bonchev–Trinajstić information content (AvgIpc) is 3.19. The fraction of sp³-hybridized carbons (Fsp3) is 0.474. The summed E-state index contributed by atoms with van der Waals surface area (Å²) in [5, 5.41) is 13.9. The maximum atomic E-state index is 5.38. The largest absolute Gasteiger partial charge is 0.339 e. The van der Waals surface area contributed by atoms with Gasteiger partial charge in [0.05, 0.1) is 12.3 Å². The molecule has 0 unspecified atom stereocenters. The molecule has 6 nitrogen and oxygen atoms in total. The highest BCUT2D eigenvalue weighted by atomic mass is 32.2. The van der Waals surface area contributed by atoms with Crippen molar-refractivity contribution in [2.24, 2.45) is 0 Å². The summed E-state index contributed by atoms with van der Waals surface area (Å²) in [7, 11) is 0. The summed E-state index contributed by atoms with van der Waals surface area (Å²) in [6.07, 6.45) is 2.41. The molecule has 0 spiro atoms. The Hall–Kier alpha value is -2.15. The van der Waals surface area contributed by atoms with Crippen LogP contribution in [-0.2, 0) is 17.7 Å². The first kappa shape index (κ1) is 17.3. The molecule has 1 aromatic carbocycles. The molecule has 3 aromatic rings. The van der Waals surface area contributed by atoms with E-state index in [-0.39, 0.29) is 5.41 Å². The van der Waals surface area contributed by atoms with Crippen molar-refractivity contribution in [1.29, 1.82) is 0 Å². The molecular formula is C19H23N5OS. The molecule has 0 amide bonds. The molecule has 0 saturated heterocycles. The SMILES string of the molecule is CC(C)(C)c1nc(CSc2nnc(C3CC3)n2Cc2ccccc2)no1. The Bertz CT molecular complexity index is 877. The Kier molecular flexibility index (Phi) is 4.56. The van der Waals surface area contributed by atoms with E-state index in [1.54, 1.807) is 11.8 Å². The van der Waals surface area contributed by atoms with Gasteiger partial charge in [0.25, 0.3) is 0 Å². The van der Waals surface area contributed by atoms with Crippen LogP contribution in [0.4, 0.5) is 0 Å². The summed E-state index contributed by atoms with van der Waals surface area (Å²) in [4.78, 5) is 4.51. The summed E-state index contributed by atoms with van der Waals surface area (Å²) < 4.78 is 7.62. The molecule has 4 rings (SSSR count). The molecular weight excluding hydrogens is 346 g/mol. The van der Waals surface area contributed by atoms with Gasteiger partial charge >= 0.3 is 0 Å².